The van der Waals surface area contributed by atoms with Gasteiger partial charge in [-0.15, -0.1) is 0 Å². The molecule has 2 aromatic heterocycles. The van der Waals surface area contributed by atoms with Crippen molar-refractivity contribution >= 4 is 11.8 Å². The highest BCUT2D eigenvalue weighted by molar-refractivity contribution is 5.89. The van der Waals surface area contributed by atoms with Crippen molar-refractivity contribution in [1.82, 2.24) is 25.5 Å². The molecule has 3 aromatic rings. The molecule has 2 atom stereocenters. The van der Waals surface area contributed by atoms with Gasteiger partial charge in [0.1, 0.15) is 11.8 Å². The average molecular weight is 411 g/mol. The van der Waals surface area contributed by atoms with E-state index in [9.17, 15) is 14.7 Å². The zero-order valence-electron chi connectivity index (χ0n) is 16.3. The number of rotatable bonds is 6. The maximum atomic E-state index is 12.7. The predicted molar refractivity (Wildman–Crippen MR) is 103 cm³/mol. The maximum absolute atomic E-state index is 12.7. The van der Waals surface area contributed by atoms with Gasteiger partial charge < -0.3 is 24.4 Å². The van der Waals surface area contributed by atoms with Crippen LogP contribution in [0, 0.1) is 6.92 Å². The standard InChI is InChI=1S/C20H21N5O5/c1-12-7-15(29-23-12)9-18(27)25-11-14(26)8-16(25)19(28)21-10-17-22-20(30-24-17)13-5-3-2-4-6-13/h2-7,14,16,26H,8-11H2,1H3,(H,21,28)/t14-,16+/m1/s1. The lowest BCUT2D eigenvalue weighted by Crippen LogP contribution is -2.46. The highest BCUT2D eigenvalue weighted by atomic mass is 16.5. The molecule has 10 heteroatoms. The van der Waals surface area contributed by atoms with Crippen LogP contribution in [0.3, 0.4) is 0 Å². The molecule has 10 nitrogen and oxygen atoms in total. The minimum absolute atomic E-state index is 0.0252. The Morgan fingerprint density at radius 2 is 2.03 bits per heavy atom. The molecule has 0 bridgehead atoms. The Morgan fingerprint density at radius 3 is 2.77 bits per heavy atom. The molecule has 0 radical (unpaired) electrons. The second kappa shape index (κ2) is 8.46. The first-order chi connectivity index (χ1) is 14.5. The van der Waals surface area contributed by atoms with Gasteiger partial charge in [-0.1, -0.05) is 28.5 Å². The van der Waals surface area contributed by atoms with E-state index in [-0.39, 0.29) is 37.7 Å². The van der Waals surface area contributed by atoms with Crippen molar-refractivity contribution in [2.24, 2.45) is 0 Å². The Kier molecular flexibility index (Phi) is 5.57. The Labute approximate surface area is 171 Å². The SMILES string of the molecule is Cc1cc(CC(=O)N2C[C@H](O)C[C@H]2C(=O)NCc2noc(-c3ccccc3)n2)on1. The van der Waals surface area contributed by atoms with E-state index in [2.05, 4.69) is 20.6 Å². The summed E-state index contributed by atoms with van der Waals surface area (Å²) < 4.78 is 10.3. The van der Waals surface area contributed by atoms with Crippen LogP contribution in [0.4, 0.5) is 0 Å². The maximum Gasteiger partial charge on any atom is 0.257 e. The van der Waals surface area contributed by atoms with Gasteiger partial charge in [0.15, 0.2) is 5.82 Å². The molecule has 2 N–H and O–H groups in total. The van der Waals surface area contributed by atoms with Gasteiger partial charge in [0.05, 0.1) is 24.8 Å². The second-order valence-corrected chi connectivity index (χ2v) is 7.16. The number of likely N-dealkylation sites (tertiary alicyclic amines) is 1. The molecule has 1 aliphatic rings. The van der Waals surface area contributed by atoms with Crippen molar-refractivity contribution in [2.75, 3.05) is 6.54 Å². The smallest absolute Gasteiger partial charge is 0.257 e. The molecule has 1 aromatic carbocycles. The quantitative estimate of drug-likeness (QED) is 0.610. The molecule has 0 spiro atoms. The molecular formula is C20H21N5O5. The molecule has 2 amide bonds. The Morgan fingerprint density at radius 1 is 1.23 bits per heavy atom. The first kappa shape index (κ1) is 19.8. The number of nitrogens with one attached hydrogen (secondary N) is 1. The van der Waals surface area contributed by atoms with E-state index in [1.807, 2.05) is 30.3 Å². The first-order valence-corrected chi connectivity index (χ1v) is 9.55. The fourth-order valence-electron chi connectivity index (χ4n) is 3.40. The molecule has 4 rings (SSSR count). The van der Waals surface area contributed by atoms with E-state index >= 15 is 0 Å². The predicted octanol–water partition coefficient (Wildman–Crippen LogP) is 0.854. The summed E-state index contributed by atoms with van der Waals surface area (Å²) >= 11 is 0. The van der Waals surface area contributed by atoms with Crippen molar-refractivity contribution in [3.05, 3.63) is 53.7 Å². The number of amides is 2. The van der Waals surface area contributed by atoms with Gasteiger partial charge >= 0.3 is 0 Å². The van der Waals surface area contributed by atoms with Gasteiger partial charge in [0, 0.05) is 24.6 Å². The van der Waals surface area contributed by atoms with Crippen LogP contribution in [-0.4, -0.2) is 55.8 Å². The number of carbonyl (C=O) groups is 2. The molecule has 30 heavy (non-hydrogen) atoms. The summed E-state index contributed by atoms with van der Waals surface area (Å²) in [6.07, 6.45) is -0.632. The monoisotopic (exact) mass is 411 g/mol. The Balaban J connectivity index is 1.37. The van der Waals surface area contributed by atoms with E-state index in [1.54, 1.807) is 13.0 Å². The summed E-state index contributed by atoms with van der Waals surface area (Å²) in [6, 6.07) is 10.2. The number of aromatic nitrogens is 3. The van der Waals surface area contributed by atoms with E-state index in [0.29, 0.717) is 23.2 Å². The summed E-state index contributed by atoms with van der Waals surface area (Å²) in [5, 5.41) is 20.3. The summed E-state index contributed by atoms with van der Waals surface area (Å²) in [6.45, 7) is 1.89. The highest BCUT2D eigenvalue weighted by Crippen LogP contribution is 2.20. The number of benzene rings is 1. The van der Waals surface area contributed by atoms with Crippen LogP contribution < -0.4 is 5.32 Å². The summed E-state index contributed by atoms with van der Waals surface area (Å²) in [5.41, 5.74) is 1.45. The van der Waals surface area contributed by atoms with Crippen molar-refractivity contribution in [3.8, 4) is 11.5 Å². The molecule has 0 unspecified atom stereocenters. The summed E-state index contributed by atoms with van der Waals surface area (Å²) in [7, 11) is 0. The van der Waals surface area contributed by atoms with Crippen molar-refractivity contribution < 1.29 is 23.7 Å². The highest BCUT2D eigenvalue weighted by Gasteiger charge is 2.39. The molecular weight excluding hydrogens is 390 g/mol. The van der Waals surface area contributed by atoms with Crippen molar-refractivity contribution in [1.29, 1.82) is 0 Å². The molecule has 1 aliphatic heterocycles. The third-order valence-corrected chi connectivity index (χ3v) is 4.81. The van der Waals surface area contributed by atoms with E-state index in [1.165, 1.54) is 4.90 Å². The number of β-amino-alcohol motifs (C(OH)–C–C–N with tert-alkyl or cyclic N) is 1. The average Bonchev–Trinajstić information content (AvgIpc) is 3.47. The number of nitrogens with zero attached hydrogens (tertiary/aromatic N) is 4. The molecule has 156 valence electrons. The van der Waals surface area contributed by atoms with Gasteiger partial charge in [-0.05, 0) is 19.1 Å². The topological polar surface area (TPSA) is 135 Å². The Hall–Kier alpha value is -3.53. The third-order valence-electron chi connectivity index (χ3n) is 4.81. The van der Waals surface area contributed by atoms with Crippen LogP contribution in [0.25, 0.3) is 11.5 Å². The minimum atomic E-state index is -0.781. The van der Waals surface area contributed by atoms with Gasteiger partial charge in [0.25, 0.3) is 5.89 Å². The fourth-order valence-corrected chi connectivity index (χ4v) is 3.40. The number of aliphatic hydroxyl groups is 1. The van der Waals surface area contributed by atoms with E-state index < -0.39 is 12.1 Å². The van der Waals surface area contributed by atoms with Crippen LogP contribution in [0.1, 0.15) is 23.7 Å². The lowest BCUT2D eigenvalue weighted by molar-refractivity contribution is -0.138. The van der Waals surface area contributed by atoms with Gasteiger partial charge in [0.2, 0.25) is 11.8 Å². The zero-order chi connectivity index (χ0) is 21.1. The van der Waals surface area contributed by atoms with Gasteiger partial charge in [-0.3, -0.25) is 9.59 Å². The number of aliphatic hydroxyl groups excluding tert-OH is 1. The lowest BCUT2D eigenvalue weighted by Gasteiger charge is -2.23. The summed E-state index contributed by atoms with van der Waals surface area (Å²) in [5.74, 6) is 0.387. The second-order valence-electron chi connectivity index (χ2n) is 7.16. The molecule has 0 aliphatic carbocycles. The normalized spacial score (nSPS) is 18.5. The van der Waals surface area contributed by atoms with Gasteiger partial charge in [-0.2, -0.15) is 4.98 Å². The van der Waals surface area contributed by atoms with E-state index in [4.69, 9.17) is 9.05 Å². The van der Waals surface area contributed by atoms with Crippen LogP contribution >= 0.6 is 0 Å². The van der Waals surface area contributed by atoms with Gasteiger partial charge in [-0.25, -0.2) is 0 Å². The van der Waals surface area contributed by atoms with Crippen molar-refractivity contribution in [2.45, 2.75) is 38.5 Å². The minimum Gasteiger partial charge on any atom is -0.391 e. The summed E-state index contributed by atoms with van der Waals surface area (Å²) in [4.78, 5) is 30.9. The molecule has 3 heterocycles. The van der Waals surface area contributed by atoms with E-state index in [0.717, 1.165) is 5.56 Å². The fraction of sp³-hybridized carbons (Fsp3) is 0.350. The van der Waals surface area contributed by atoms with Crippen LogP contribution in [0.15, 0.2) is 45.4 Å². The molecule has 1 saturated heterocycles. The third kappa shape index (κ3) is 4.38. The van der Waals surface area contributed by atoms with Crippen LogP contribution in [-0.2, 0) is 22.6 Å². The number of hydrogen-bond acceptors (Lipinski definition) is 8. The van der Waals surface area contributed by atoms with Crippen LogP contribution in [0.5, 0.6) is 0 Å². The number of hydrogen-bond donors (Lipinski definition) is 2. The lowest BCUT2D eigenvalue weighted by atomic mass is 10.1. The number of carbonyl (C=O) groups excluding carboxylic acids is 2. The molecule has 1 fully saturated rings. The van der Waals surface area contributed by atoms with Crippen molar-refractivity contribution in [3.63, 3.8) is 0 Å². The first-order valence-electron chi connectivity index (χ1n) is 9.55. The van der Waals surface area contributed by atoms with Crippen LogP contribution in [0.2, 0.25) is 0 Å². The number of aryl methyl sites for hydroxylation is 1. The molecule has 0 saturated carbocycles. The Bertz CT molecular complexity index is 1030. The zero-order valence-corrected chi connectivity index (χ0v) is 16.3. The largest absolute Gasteiger partial charge is 0.391 e.